The first-order valence-corrected chi connectivity index (χ1v) is 5.07. The van der Waals surface area contributed by atoms with Crippen molar-refractivity contribution in [1.29, 1.82) is 0 Å². The molecule has 2 aromatic rings. The van der Waals surface area contributed by atoms with Gasteiger partial charge in [0.05, 0.1) is 5.69 Å². The topological polar surface area (TPSA) is 40.7 Å². The highest BCUT2D eigenvalue weighted by Crippen LogP contribution is 2.25. The SMILES string of the molecule is CNCc1n[nH]c(C)c1-c1ccccc1. The maximum Gasteiger partial charge on any atom is 0.0840 e. The van der Waals surface area contributed by atoms with Gasteiger partial charge >= 0.3 is 0 Å². The first kappa shape index (κ1) is 9.93. The van der Waals surface area contributed by atoms with Crippen LogP contribution < -0.4 is 5.32 Å². The van der Waals surface area contributed by atoms with Crippen molar-refractivity contribution in [3.63, 3.8) is 0 Å². The Morgan fingerprint density at radius 3 is 2.67 bits per heavy atom. The van der Waals surface area contributed by atoms with Crippen LogP contribution in [0.25, 0.3) is 11.1 Å². The molecule has 0 bridgehead atoms. The van der Waals surface area contributed by atoms with Crippen molar-refractivity contribution in [2.75, 3.05) is 7.05 Å². The Morgan fingerprint density at radius 1 is 1.27 bits per heavy atom. The predicted octanol–water partition coefficient (Wildman–Crippen LogP) is 2.10. The monoisotopic (exact) mass is 201 g/mol. The molecule has 0 aliphatic rings. The lowest BCUT2D eigenvalue weighted by atomic mass is 10.0. The molecular formula is C12H15N3. The summed E-state index contributed by atoms with van der Waals surface area (Å²) in [7, 11) is 1.93. The number of benzene rings is 1. The van der Waals surface area contributed by atoms with E-state index in [1.807, 2.05) is 25.2 Å². The second-order valence-electron chi connectivity index (χ2n) is 3.57. The molecule has 1 heterocycles. The molecule has 0 saturated heterocycles. The highest BCUT2D eigenvalue weighted by atomic mass is 15.1. The van der Waals surface area contributed by atoms with Gasteiger partial charge in [0.1, 0.15) is 0 Å². The molecule has 3 heteroatoms. The number of nitrogens with zero attached hydrogens (tertiary/aromatic N) is 1. The molecule has 0 amide bonds. The summed E-state index contributed by atoms with van der Waals surface area (Å²) in [5.41, 5.74) is 4.62. The maximum absolute atomic E-state index is 4.29. The van der Waals surface area contributed by atoms with Gasteiger partial charge in [-0.05, 0) is 19.5 Å². The molecule has 0 fully saturated rings. The highest BCUT2D eigenvalue weighted by molar-refractivity contribution is 5.68. The quantitative estimate of drug-likeness (QED) is 0.798. The van der Waals surface area contributed by atoms with Gasteiger partial charge in [-0.1, -0.05) is 30.3 Å². The minimum atomic E-state index is 0.786. The van der Waals surface area contributed by atoms with Crippen molar-refractivity contribution >= 4 is 0 Å². The van der Waals surface area contributed by atoms with Crippen molar-refractivity contribution < 1.29 is 0 Å². The van der Waals surface area contributed by atoms with E-state index >= 15 is 0 Å². The predicted molar refractivity (Wildman–Crippen MR) is 61.5 cm³/mol. The average Bonchev–Trinajstić information content (AvgIpc) is 2.62. The van der Waals surface area contributed by atoms with Crippen LogP contribution in [0.4, 0.5) is 0 Å². The molecule has 15 heavy (non-hydrogen) atoms. The minimum absolute atomic E-state index is 0.786. The number of hydrogen-bond donors (Lipinski definition) is 2. The minimum Gasteiger partial charge on any atom is -0.314 e. The van der Waals surface area contributed by atoms with Gasteiger partial charge in [0.2, 0.25) is 0 Å². The highest BCUT2D eigenvalue weighted by Gasteiger charge is 2.10. The van der Waals surface area contributed by atoms with E-state index in [1.54, 1.807) is 0 Å². The van der Waals surface area contributed by atoms with Gasteiger partial charge < -0.3 is 5.32 Å². The van der Waals surface area contributed by atoms with Crippen LogP contribution in [-0.4, -0.2) is 17.2 Å². The van der Waals surface area contributed by atoms with Gasteiger partial charge in [0, 0.05) is 17.8 Å². The largest absolute Gasteiger partial charge is 0.314 e. The van der Waals surface area contributed by atoms with Crippen molar-refractivity contribution in [3.8, 4) is 11.1 Å². The van der Waals surface area contributed by atoms with E-state index in [2.05, 4.69) is 34.6 Å². The van der Waals surface area contributed by atoms with Gasteiger partial charge in [-0.25, -0.2) is 0 Å². The molecule has 1 aromatic heterocycles. The maximum atomic E-state index is 4.29. The molecule has 1 aromatic carbocycles. The van der Waals surface area contributed by atoms with E-state index in [9.17, 15) is 0 Å². The molecular weight excluding hydrogens is 186 g/mol. The van der Waals surface area contributed by atoms with Crippen LogP contribution in [0.15, 0.2) is 30.3 Å². The molecule has 0 aliphatic carbocycles. The fourth-order valence-corrected chi connectivity index (χ4v) is 1.76. The Hall–Kier alpha value is -1.61. The Balaban J connectivity index is 2.47. The van der Waals surface area contributed by atoms with Crippen molar-refractivity contribution in [3.05, 3.63) is 41.7 Å². The molecule has 0 aliphatic heterocycles. The summed E-state index contributed by atoms with van der Waals surface area (Å²) in [5.74, 6) is 0. The van der Waals surface area contributed by atoms with Crippen LogP contribution in [0.3, 0.4) is 0 Å². The zero-order valence-electron chi connectivity index (χ0n) is 9.04. The van der Waals surface area contributed by atoms with Crippen LogP contribution in [0.1, 0.15) is 11.4 Å². The van der Waals surface area contributed by atoms with E-state index in [4.69, 9.17) is 0 Å². The molecule has 0 saturated carbocycles. The average molecular weight is 201 g/mol. The molecule has 78 valence electrons. The summed E-state index contributed by atoms with van der Waals surface area (Å²) < 4.78 is 0. The first-order chi connectivity index (χ1) is 7.33. The fraction of sp³-hybridized carbons (Fsp3) is 0.250. The number of nitrogens with one attached hydrogen (secondary N) is 2. The first-order valence-electron chi connectivity index (χ1n) is 5.07. The third kappa shape index (κ3) is 1.92. The molecule has 0 radical (unpaired) electrons. The van der Waals surface area contributed by atoms with E-state index in [0.717, 1.165) is 17.9 Å². The van der Waals surface area contributed by atoms with E-state index < -0.39 is 0 Å². The fourth-order valence-electron chi connectivity index (χ4n) is 1.76. The van der Waals surface area contributed by atoms with Crippen LogP contribution in [-0.2, 0) is 6.54 Å². The molecule has 0 unspecified atom stereocenters. The summed E-state index contributed by atoms with van der Waals surface area (Å²) >= 11 is 0. The summed E-state index contributed by atoms with van der Waals surface area (Å²) in [6.07, 6.45) is 0. The number of H-pyrrole nitrogens is 1. The lowest BCUT2D eigenvalue weighted by Gasteiger charge is -2.03. The lowest BCUT2D eigenvalue weighted by molar-refractivity contribution is 0.785. The Kier molecular flexibility index (Phi) is 2.83. The number of hydrogen-bond acceptors (Lipinski definition) is 2. The number of aryl methyl sites for hydroxylation is 1. The number of aromatic amines is 1. The van der Waals surface area contributed by atoms with Crippen LogP contribution in [0.2, 0.25) is 0 Å². The van der Waals surface area contributed by atoms with Gasteiger partial charge in [-0.15, -0.1) is 0 Å². The Bertz CT molecular complexity index is 431. The second-order valence-corrected chi connectivity index (χ2v) is 3.57. The second kappa shape index (κ2) is 4.28. The molecule has 3 nitrogen and oxygen atoms in total. The zero-order valence-corrected chi connectivity index (χ0v) is 9.04. The standard InChI is InChI=1S/C12H15N3/c1-9-12(10-6-4-3-5-7-10)11(8-13-2)15-14-9/h3-7,13H,8H2,1-2H3,(H,14,15). The number of aromatic nitrogens is 2. The lowest BCUT2D eigenvalue weighted by Crippen LogP contribution is -2.06. The molecule has 0 spiro atoms. The van der Waals surface area contributed by atoms with Crippen molar-refractivity contribution in [2.24, 2.45) is 0 Å². The van der Waals surface area contributed by atoms with Crippen molar-refractivity contribution in [2.45, 2.75) is 13.5 Å². The van der Waals surface area contributed by atoms with Crippen LogP contribution in [0, 0.1) is 6.92 Å². The smallest absolute Gasteiger partial charge is 0.0840 e. The summed E-state index contributed by atoms with van der Waals surface area (Å²) in [5, 5.41) is 10.4. The van der Waals surface area contributed by atoms with Gasteiger partial charge in [0.15, 0.2) is 0 Å². The van der Waals surface area contributed by atoms with Crippen LogP contribution in [0.5, 0.6) is 0 Å². The summed E-state index contributed by atoms with van der Waals surface area (Å²) in [6.45, 7) is 2.84. The Morgan fingerprint density at radius 2 is 2.00 bits per heavy atom. The summed E-state index contributed by atoms with van der Waals surface area (Å²) in [6, 6.07) is 10.3. The molecule has 2 rings (SSSR count). The third-order valence-electron chi connectivity index (χ3n) is 2.43. The Labute approximate surface area is 89.5 Å². The summed E-state index contributed by atoms with van der Waals surface area (Å²) in [4.78, 5) is 0. The third-order valence-corrected chi connectivity index (χ3v) is 2.43. The van der Waals surface area contributed by atoms with Gasteiger partial charge in [-0.2, -0.15) is 5.10 Å². The van der Waals surface area contributed by atoms with Gasteiger partial charge in [-0.3, -0.25) is 5.10 Å². The van der Waals surface area contributed by atoms with Gasteiger partial charge in [0.25, 0.3) is 0 Å². The van der Waals surface area contributed by atoms with E-state index in [-0.39, 0.29) is 0 Å². The van der Waals surface area contributed by atoms with E-state index in [1.165, 1.54) is 11.1 Å². The molecule has 0 atom stereocenters. The zero-order chi connectivity index (χ0) is 10.7. The number of rotatable bonds is 3. The van der Waals surface area contributed by atoms with Crippen LogP contribution >= 0.6 is 0 Å². The van der Waals surface area contributed by atoms with Crippen molar-refractivity contribution in [1.82, 2.24) is 15.5 Å². The molecule has 2 N–H and O–H groups in total. The normalized spacial score (nSPS) is 10.5. The van der Waals surface area contributed by atoms with E-state index in [0.29, 0.717) is 0 Å².